The Labute approximate surface area is 221 Å². The molecule has 2 aromatic carbocycles. The van der Waals surface area contributed by atoms with E-state index in [-0.39, 0.29) is 23.5 Å². The van der Waals surface area contributed by atoms with E-state index in [0.717, 1.165) is 42.5 Å². The Hall–Kier alpha value is -2.83. The Morgan fingerprint density at radius 2 is 2.00 bits per heavy atom. The Bertz CT molecular complexity index is 1350. The van der Waals surface area contributed by atoms with Crippen molar-refractivity contribution in [3.05, 3.63) is 64.2 Å². The van der Waals surface area contributed by atoms with Gasteiger partial charge in [-0.25, -0.2) is 0 Å². The van der Waals surface area contributed by atoms with Gasteiger partial charge >= 0.3 is 0 Å². The number of ether oxygens (including phenoxy) is 1. The Morgan fingerprint density at radius 3 is 2.76 bits per heavy atom. The van der Waals surface area contributed by atoms with Gasteiger partial charge in [0.1, 0.15) is 0 Å². The number of halogens is 1. The first-order valence-corrected chi connectivity index (χ1v) is 13.7. The molecular weight excluding hydrogens is 488 g/mol. The van der Waals surface area contributed by atoms with Crippen LogP contribution in [-0.4, -0.2) is 52.5 Å². The number of hydrogen-bond acceptors (Lipinski definition) is 5. The molecule has 37 heavy (non-hydrogen) atoms. The summed E-state index contributed by atoms with van der Waals surface area (Å²) in [4.78, 5) is 30.0. The smallest absolute Gasteiger partial charge is 0.244 e. The molecule has 4 atom stereocenters. The number of likely N-dealkylation sites (N-methyl/N-ethyl adjacent to an activating group) is 1. The SMILES string of the molecule is CN1CC[C@]23c4c5ccc(O)c4O[C@@]2(CC2CC2)C(=O)CC[C@@]3(NC(=O)/C=C/c2ccc(Cl)cc2)[C@H]1C5. The molecule has 7 heteroatoms. The number of phenols is 1. The molecule has 1 amide bonds. The number of likely N-dealkylation sites (tertiary alicyclic amines) is 1. The van der Waals surface area contributed by atoms with E-state index >= 15 is 0 Å². The van der Waals surface area contributed by atoms with E-state index in [0.29, 0.717) is 42.4 Å². The fraction of sp³-hybridized carbons (Fsp3) is 0.467. The number of nitrogens with one attached hydrogen (secondary N) is 1. The van der Waals surface area contributed by atoms with E-state index in [1.807, 2.05) is 18.2 Å². The average Bonchev–Trinajstić information content (AvgIpc) is 3.63. The Morgan fingerprint density at radius 1 is 1.22 bits per heavy atom. The number of ketones is 1. The summed E-state index contributed by atoms with van der Waals surface area (Å²) < 4.78 is 6.74. The minimum Gasteiger partial charge on any atom is -0.504 e. The summed E-state index contributed by atoms with van der Waals surface area (Å²) in [6.07, 6.45) is 8.56. The number of carbonyl (C=O) groups is 2. The van der Waals surface area contributed by atoms with Crippen molar-refractivity contribution < 1.29 is 19.4 Å². The lowest BCUT2D eigenvalue weighted by molar-refractivity contribution is -0.169. The maximum atomic E-state index is 14.0. The van der Waals surface area contributed by atoms with Crippen molar-refractivity contribution in [2.45, 2.75) is 67.5 Å². The van der Waals surface area contributed by atoms with Crippen LogP contribution in [0.2, 0.25) is 5.02 Å². The predicted molar refractivity (Wildman–Crippen MR) is 141 cm³/mol. The number of amides is 1. The zero-order valence-electron chi connectivity index (χ0n) is 20.9. The number of piperidine rings is 1. The summed E-state index contributed by atoms with van der Waals surface area (Å²) in [5.41, 5.74) is 0.525. The monoisotopic (exact) mass is 518 g/mol. The molecule has 2 saturated carbocycles. The summed E-state index contributed by atoms with van der Waals surface area (Å²) in [5, 5.41) is 15.1. The molecule has 3 fully saturated rings. The quantitative estimate of drug-likeness (QED) is 0.573. The zero-order chi connectivity index (χ0) is 25.6. The van der Waals surface area contributed by atoms with Crippen LogP contribution in [0.15, 0.2) is 42.5 Å². The first-order chi connectivity index (χ1) is 17.8. The zero-order valence-corrected chi connectivity index (χ0v) is 21.7. The molecule has 1 saturated heterocycles. The highest BCUT2D eigenvalue weighted by Crippen LogP contribution is 2.70. The third-order valence-electron chi connectivity index (χ3n) is 9.84. The van der Waals surface area contributed by atoms with Crippen molar-refractivity contribution in [3.63, 3.8) is 0 Å². The van der Waals surface area contributed by atoms with Gasteiger partial charge in [0.15, 0.2) is 22.9 Å². The van der Waals surface area contributed by atoms with Crippen molar-refractivity contribution in [1.82, 2.24) is 10.2 Å². The highest BCUT2D eigenvalue weighted by atomic mass is 35.5. The van der Waals surface area contributed by atoms with Crippen molar-refractivity contribution >= 4 is 29.4 Å². The fourth-order valence-electron chi connectivity index (χ4n) is 8.15. The number of carbonyl (C=O) groups excluding carboxylic acids is 2. The summed E-state index contributed by atoms with van der Waals surface area (Å²) in [7, 11) is 2.12. The average molecular weight is 519 g/mol. The van der Waals surface area contributed by atoms with Gasteiger partial charge in [-0.05, 0) is 80.6 Å². The molecule has 7 rings (SSSR count). The molecular formula is C30H31ClN2O4. The summed E-state index contributed by atoms with van der Waals surface area (Å²) in [5.74, 6) is 0.932. The van der Waals surface area contributed by atoms with E-state index in [9.17, 15) is 14.7 Å². The first-order valence-electron chi connectivity index (χ1n) is 13.3. The van der Waals surface area contributed by atoms with Crippen LogP contribution in [-0.2, 0) is 21.4 Å². The predicted octanol–water partition coefficient (Wildman–Crippen LogP) is 4.41. The topological polar surface area (TPSA) is 78.9 Å². The molecule has 0 unspecified atom stereocenters. The van der Waals surface area contributed by atoms with Crippen LogP contribution in [0.4, 0.5) is 0 Å². The van der Waals surface area contributed by atoms with Crippen molar-refractivity contribution in [2.75, 3.05) is 13.6 Å². The van der Waals surface area contributed by atoms with Gasteiger partial charge in [0, 0.05) is 29.1 Å². The van der Waals surface area contributed by atoms with Crippen LogP contribution in [0.5, 0.6) is 11.5 Å². The van der Waals surface area contributed by atoms with Gasteiger partial charge in [0.25, 0.3) is 0 Å². The lowest BCUT2D eigenvalue weighted by Gasteiger charge is -2.67. The molecule has 5 aliphatic rings. The van der Waals surface area contributed by atoms with Crippen LogP contribution >= 0.6 is 11.6 Å². The Kier molecular flexibility index (Phi) is 4.94. The number of hydrogen-bond donors (Lipinski definition) is 2. The molecule has 2 N–H and O–H groups in total. The van der Waals surface area contributed by atoms with E-state index in [2.05, 4.69) is 17.3 Å². The molecule has 2 aliphatic heterocycles. The molecule has 2 aromatic rings. The van der Waals surface area contributed by atoms with E-state index < -0.39 is 16.6 Å². The fourth-order valence-corrected chi connectivity index (χ4v) is 8.28. The highest BCUT2D eigenvalue weighted by molar-refractivity contribution is 6.30. The molecule has 3 aliphatic carbocycles. The van der Waals surface area contributed by atoms with Gasteiger partial charge in [0.05, 0.1) is 11.0 Å². The highest BCUT2D eigenvalue weighted by Gasteiger charge is 2.79. The molecule has 192 valence electrons. The second-order valence-electron chi connectivity index (χ2n) is 11.6. The van der Waals surface area contributed by atoms with Gasteiger partial charge in [-0.3, -0.25) is 9.59 Å². The van der Waals surface area contributed by atoms with Crippen LogP contribution in [0.3, 0.4) is 0 Å². The Balaban J connectivity index is 1.39. The number of benzene rings is 2. The van der Waals surface area contributed by atoms with Crippen LogP contribution < -0.4 is 10.1 Å². The van der Waals surface area contributed by atoms with Crippen molar-refractivity contribution in [1.29, 1.82) is 0 Å². The standard InChI is InChI=1S/C30H31ClN2O4/c1-33-15-14-28-26-20-7-10-22(34)27(26)37-30(28,17-19-2-3-19)24(35)12-13-29(28,23(33)16-20)32-25(36)11-6-18-4-8-21(31)9-5-18/h4-11,19,23,34H,2-3,12-17H2,1H3,(H,32,36)/b11-6+/t23-,28-,29-,30+/m1/s1. The molecule has 0 aromatic heterocycles. The van der Waals surface area contributed by atoms with Gasteiger partial charge in [-0.1, -0.05) is 42.6 Å². The normalized spacial score (nSPS) is 33.8. The minimum absolute atomic E-state index is 0.0207. The lowest BCUT2D eigenvalue weighted by Crippen LogP contribution is -2.84. The maximum absolute atomic E-state index is 14.0. The number of rotatable bonds is 5. The van der Waals surface area contributed by atoms with Crippen LogP contribution in [0.25, 0.3) is 6.08 Å². The second kappa shape index (κ2) is 7.84. The molecule has 1 spiro atoms. The van der Waals surface area contributed by atoms with Gasteiger partial charge < -0.3 is 20.1 Å². The molecule has 0 radical (unpaired) electrons. The van der Waals surface area contributed by atoms with Crippen LogP contribution in [0, 0.1) is 5.92 Å². The number of aromatic hydroxyl groups is 1. The summed E-state index contributed by atoms with van der Waals surface area (Å²) in [6, 6.07) is 11.1. The second-order valence-corrected chi connectivity index (χ2v) is 12.1. The number of phenolic OH excluding ortho intramolecular Hbond substituents is 1. The minimum atomic E-state index is -1.06. The van der Waals surface area contributed by atoms with Crippen LogP contribution in [0.1, 0.15) is 55.2 Å². The summed E-state index contributed by atoms with van der Waals surface area (Å²) in [6.45, 7) is 0.806. The molecule has 2 bridgehead atoms. The largest absolute Gasteiger partial charge is 0.504 e. The molecule has 6 nitrogen and oxygen atoms in total. The lowest BCUT2D eigenvalue weighted by atomic mass is 9.42. The van der Waals surface area contributed by atoms with Crippen molar-refractivity contribution in [2.24, 2.45) is 5.92 Å². The number of nitrogens with zero attached hydrogens (tertiary/aromatic N) is 1. The first kappa shape index (κ1) is 23.3. The van der Waals surface area contributed by atoms with Crippen molar-refractivity contribution in [3.8, 4) is 11.5 Å². The van der Waals surface area contributed by atoms with E-state index in [1.165, 1.54) is 0 Å². The third-order valence-corrected chi connectivity index (χ3v) is 10.1. The van der Waals surface area contributed by atoms with Gasteiger partial charge in [-0.2, -0.15) is 0 Å². The van der Waals surface area contributed by atoms with Gasteiger partial charge in [-0.15, -0.1) is 0 Å². The van der Waals surface area contributed by atoms with E-state index in [4.69, 9.17) is 16.3 Å². The van der Waals surface area contributed by atoms with E-state index in [1.54, 1.807) is 30.4 Å². The summed E-state index contributed by atoms with van der Waals surface area (Å²) >= 11 is 6.02. The van der Waals surface area contributed by atoms with Gasteiger partial charge in [0.2, 0.25) is 5.91 Å². The maximum Gasteiger partial charge on any atom is 0.244 e. The third kappa shape index (κ3) is 3.03. The molecule has 2 heterocycles. The number of Topliss-reactive ketones (excluding diaryl/α,β-unsaturated/α-hetero) is 1.